The number of phenolic OH excluding ortho intramolecular Hbond substituents is 1. The van der Waals surface area contributed by atoms with Crippen molar-refractivity contribution in [2.45, 2.75) is 37.4 Å². The smallest absolute Gasteiger partial charge is 0.326 e. The molecule has 0 aliphatic carbocycles. The van der Waals surface area contributed by atoms with E-state index < -0.39 is 48.2 Å². The number of nitrogens with two attached hydrogens (primary N) is 2. The van der Waals surface area contributed by atoms with E-state index >= 15 is 0 Å². The van der Waals surface area contributed by atoms with E-state index in [1.807, 2.05) is 6.07 Å². The number of aromatic hydroxyl groups is 1. The van der Waals surface area contributed by atoms with E-state index in [9.17, 15) is 29.4 Å². The van der Waals surface area contributed by atoms with Crippen LogP contribution in [0.15, 0.2) is 54.6 Å². The lowest BCUT2D eigenvalue weighted by Crippen LogP contribution is -2.56. The van der Waals surface area contributed by atoms with Crippen molar-refractivity contribution in [3.05, 3.63) is 65.7 Å². The van der Waals surface area contributed by atoms with Gasteiger partial charge in [0.15, 0.2) is 0 Å². The van der Waals surface area contributed by atoms with Crippen molar-refractivity contribution in [1.29, 1.82) is 0 Å². The van der Waals surface area contributed by atoms with Crippen molar-refractivity contribution >= 4 is 23.7 Å². The normalized spacial score (nSPS) is 13.4. The van der Waals surface area contributed by atoms with Crippen molar-refractivity contribution < 1.29 is 29.4 Å². The Morgan fingerprint density at radius 1 is 0.812 bits per heavy atom. The van der Waals surface area contributed by atoms with Gasteiger partial charge in [-0.3, -0.25) is 14.4 Å². The molecule has 0 saturated carbocycles. The molecule has 8 N–H and O–H groups in total. The third-order valence-corrected chi connectivity index (χ3v) is 4.66. The predicted molar refractivity (Wildman–Crippen MR) is 115 cm³/mol. The first-order valence-corrected chi connectivity index (χ1v) is 9.85. The maximum absolute atomic E-state index is 12.7. The van der Waals surface area contributed by atoms with Crippen molar-refractivity contribution in [2.75, 3.05) is 0 Å². The minimum Gasteiger partial charge on any atom is -0.508 e. The highest BCUT2D eigenvalue weighted by Gasteiger charge is 2.29. The van der Waals surface area contributed by atoms with Gasteiger partial charge in [0, 0.05) is 6.42 Å². The summed E-state index contributed by atoms with van der Waals surface area (Å²) >= 11 is 0. The second-order valence-corrected chi connectivity index (χ2v) is 7.30. The summed E-state index contributed by atoms with van der Waals surface area (Å²) in [5.41, 5.74) is 12.5. The summed E-state index contributed by atoms with van der Waals surface area (Å²) in [6.07, 6.45) is -0.399. The number of aliphatic carboxylic acids is 1. The van der Waals surface area contributed by atoms with Crippen molar-refractivity contribution in [3.63, 3.8) is 0 Å². The Morgan fingerprint density at radius 3 is 1.94 bits per heavy atom. The van der Waals surface area contributed by atoms with E-state index in [1.165, 1.54) is 24.3 Å². The summed E-state index contributed by atoms with van der Waals surface area (Å²) in [6.45, 7) is 0. The van der Waals surface area contributed by atoms with E-state index in [0.29, 0.717) is 5.56 Å². The second kappa shape index (κ2) is 11.5. The van der Waals surface area contributed by atoms with Crippen molar-refractivity contribution in [1.82, 2.24) is 10.6 Å². The first-order chi connectivity index (χ1) is 15.2. The van der Waals surface area contributed by atoms with Gasteiger partial charge in [-0.05, 0) is 29.7 Å². The molecule has 0 heterocycles. The van der Waals surface area contributed by atoms with Crippen molar-refractivity contribution in [2.24, 2.45) is 11.5 Å². The van der Waals surface area contributed by atoms with Crippen LogP contribution in [0.2, 0.25) is 0 Å². The Morgan fingerprint density at radius 2 is 1.38 bits per heavy atom. The first kappa shape index (κ1) is 24.4. The number of carboxylic acids is 1. The van der Waals surface area contributed by atoms with Gasteiger partial charge in [0.1, 0.15) is 17.8 Å². The molecule has 0 bridgehead atoms. The molecule has 2 rings (SSSR count). The third-order valence-electron chi connectivity index (χ3n) is 4.66. The standard InChI is InChI=1S/C22H26N4O6/c23-16(10-13-4-2-1-3-5-13)20(29)25-17(12-19(24)28)21(30)26-18(22(31)32)11-14-6-8-15(27)9-7-14/h1-9,16-18,27H,10-12,23H2,(H2,24,28)(H,25,29)(H,26,30)(H,31,32). The van der Waals surface area contributed by atoms with E-state index in [4.69, 9.17) is 11.5 Å². The lowest BCUT2D eigenvalue weighted by Gasteiger charge is -2.22. The number of nitrogens with one attached hydrogen (secondary N) is 2. The predicted octanol–water partition coefficient (Wildman–Crippen LogP) is -0.566. The number of phenols is 1. The molecular weight excluding hydrogens is 416 g/mol. The Balaban J connectivity index is 2.06. The van der Waals surface area contributed by atoms with E-state index in [2.05, 4.69) is 10.6 Å². The zero-order valence-electron chi connectivity index (χ0n) is 17.2. The van der Waals surface area contributed by atoms with Gasteiger partial charge in [-0.2, -0.15) is 0 Å². The molecular formula is C22H26N4O6. The van der Waals surface area contributed by atoms with Crippen LogP contribution >= 0.6 is 0 Å². The molecule has 3 atom stereocenters. The maximum Gasteiger partial charge on any atom is 0.326 e. The molecule has 10 nitrogen and oxygen atoms in total. The summed E-state index contributed by atoms with van der Waals surface area (Å²) in [7, 11) is 0. The minimum atomic E-state index is -1.39. The summed E-state index contributed by atoms with van der Waals surface area (Å²) in [4.78, 5) is 48.2. The number of amides is 3. The highest BCUT2D eigenvalue weighted by molar-refractivity contribution is 5.94. The SMILES string of the molecule is NC(=O)CC(NC(=O)C(N)Cc1ccccc1)C(=O)NC(Cc1ccc(O)cc1)C(=O)O. The molecule has 0 aliphatic heterocycles. The Kier molecular flexibility index (Phi) is 8.72. The van der Waals surface area contributed by atoms with Crippen LogP contribution in [0.4, 0.5) is 0 Å². The average Bonchev–Trinajstić information content (AvgIpc) is 2.74. The maximum atomic E-state index is 12.7. The zero-order valence-corrected chi connectivity index (χ0v) is 17.2. The number of hydrogen-bond donors (Lipinski definition) is 6. The molecule has 0 fully saturated rings. The summed E-state index contributed by atoms with van der Waals surface area (Å²) in [5.74, 6) is -3.71. The highest BCUT2D eigenvalue weighted by atomic mass is 16.4. The van der Waals surface area contributed by atoms with Crippen LogP contribution in [0, 0.1) is 0 Å². The molecule has 0 aliphatic rings. The fraction of sp³-hybridized carbons (Fsp3) is 0.273. The van der Waals surface area contributed by atoms with Crippen molar-refractivity contribution in [3.8, 4) is 5.75 Å². The molecule has 170 valence electrons. The lowest BCUT2D eigenvalue weighted by atomic mass is 10.0. The molecule has 0 radical (unpaired) electrons. The topological polar surface area (TPSA) is 185 Å². The van der Waals surface area contributed by atoms with Crippen LogP contribution in [0.5, 0.6) is 5.75 Å². The van der Waals surface area contributed by atoms with Crippen LogP contribution in [0.3, 0.4) is 0 Å². The van der Waals surface area contributed by atoms with E-state index in [1.54, 1.807) is 24.3 Å². The quantitative estimate of drug-likeness (QED) is 0.269. The summed E-state index contributed by atoms with van der Waals surface area (Å²) < 4.78 is 0. The van der Waals surface area contributed by atoms with Crippen LogP contribution in [-0.2, 0) is 32.0 Å². The summed E-state index contributed by atoms with van der Waals surface area (Å²) in [6, 6.07) is 11.1. The minimum absolute atomic E-state index is 0.0146. The van der Waals surface area contributed by atoms with Crippen LogP contribution in [0.1, 0.15) is 17.5 Å². The van der Waals surface area contributed by atoms with Crippen LogP contribution in [0.25, 0.3) is 0 Å². The van der Waals surface area contributed by atoms with Gasteiger partial charge in [-0.15, -0.1) is 0 Å². The van der Waals surface area contributed by atoms with Crippen LogP contribution < -0.4 is 22.1 Å². The Bertz CT molecular complexity index is 949. The number of primary amides is 1. The number of carboxylic acid groups (broad SMARTS) is 1. The average molecular weight is 442 g/mol. The number of benzene rings is 2. The zero-order chi connectivity index (χ0) is 23.7. The fourth-order valence-electron chi connectivity index (χ4n) is 2.99. The van der Waals surface area contributed by atoms with E-state index in [-0.39, 0.29) is 18.6 Å². The Hall–Kier alpha value is -3.92. The molecule has 2 aromatic rings. The fourth-order valence-corrected chi connectivity index (χ4v) is 2.99. The number of rotatable bonds is 11. The van der Waals surface area contributed by atoms with Gasteiger partial charge in [-0.1, -0.05) is 42.5 Å². The molecule has 0 aromatic heterocycles. The first-order valence-electron chi connectivity index (χ1n) is 9.85. The lowest BCUT2D eigenvalue weighted by molar-refractivity contribution is -0.142. The monoisotopic (exact) mass is 442 g/mol. The summed E-state index contributed by atoms with van der Waals surface area (Å²) in [5, 5.41) is 23.5. The van der Waals surface area contributed by atoms with Gasteiger partial charge >= 0.3 is 5.97 Å². The third kappa shape index (κ3) is 7.73. The van der Waals surface area contributed by atoms with Gasteiger partial charge in [0.25, 0.3) is 0 Å². The molecule has 0 spiro atoms. The van der Waals surface area contributed by atoms with E-state index in [0.717, 1.165) is 5.56 Å². The number of carbonyl (C=O) groups excluding carboxylic acids is 3. The number of hydrogen-bond acceptors (Lipinski definition) is 6. The highest BCUT2D eigenvalue weighted by Crippen LogP contribution is 2.12. The number of carbonyl (C=O) groups is 4. The molecule has 0 saturated heterocycles. The van der Waals surface area contributed by atoms with Gasteiger partial charge in [0.2, 0.25) is 17.7 Å². The molecule has 32 heavy (non-hydrogen) atoms. The largest absolute Gasteiger partial charge is 0.508 e. The van der Waals surface area contributed by atoms with Crippen LogP contribution in [-0.4, -0.2) is 52.0 Å². The molecule has 2 aromatic carbocycles. The molecule has 10 heteroatoms. The Labute approximate surface area is 184 Å². The van der Waals surface area contributed by atoms with Gasteiger partial charge < -0.3 is 32.3 Å². The van der Waals surface area contributed by atoms with Gasteiger partial charge in [0.05, 0.1) is 12.5 Å². The molecule has 3 unspecified atom stereocenters. The molecule has 3 amide bonds. The second-order valence-electron chi connectivity index (χ2n) is 7.30. The van der Waals surface area contributed by atoms with Gasteiger partial charge in [-0.25, -0.2) is 4.79 Å².